The monoisotopic (exact) mass is 246 g/mol. The Kier molecular flexibility index (Phi) is 3.69. The fourth-order valence-corrected chi connectivity index (χ4v) is 1.54. The average Bonchev–Trinajstić information content (AvgIpc) is 2.87. The summed E-state index contributed by atoms with van der Waals surface area (Å²) in [7, 11) is 3.39. The van der Waals surface area contributed by atoms with Gasteiger partial charge in [-0.05, 0) is 19.2 Å². The van der Waals surface area contributed by atoms with Crippen molar-refractivity contribution in [2.75, 3.05) is 14.1 Å². The van der Waals surface area contributed by atoms with Crippen LogP contribution in [0.2, 0.25) is 0 Å². The zero-order valence-corrected chi connectivity index (χ0v) is 10.2. The van der Waals surface area contributed by atoms with Crippen molar-refractivity contribution in [3.05, 3.63) is 35.7 Å². The fourth-order valence-electron chi connectivity index (χ4n) is 1.54. The number of hydrogen-bond donors (Lipinski definition) is 2. The minimum atomic E-state index is -0.143. The third-order valence-electron chi connectivity index (χ3n) is 2.41. The summed E-state index contributed by atoms with van der Waals surface area (Å²) in [4.78, 5) is 15.7. The summed E-state index contributed by atoms with van der Waals surface area (Å²) in [6, 6.07) is 7.08. The van der Waals surface area contributed by atoms with E-state index in [0.29, 0.717) is 23.8 Å². The zero-order valence-electron chi connectivity index (χ0n) is 10.2. The number of carbonyl (C=O) groups is 1. The van der Waals surface area contributed by atoms with Gasteiger partial charge in [-0.1, -0.05) is 17.3 Å². The standard InChI is InChI=1S/C12H14N4O2/c1-13-7-10-15-11(16-18-10)8-4-3-5-9(6-8)12(17)14-2/h3-6,13H,7H2,1-2H3,(H,14,17). The molecule has 0 aliphatic carbocycles. The highest BCUT2D eigenvalue weighted by Crippen LogP contribution is 2.17. The lowest BCUT2D eigenvalue weighted by atomic mass is 10.1. The van der Waals surface area contributed by atoms with E-state index in [1.165, 1.54) is 0 Å². The number of hydrogen-bond acceptors (Lipinski definition) is 5. The van der Waals surface area contributed by atoms with E-state index in [0.717, 1.165) is 5.56 Å². The molecule has 6 nitrogen and oxygen atoms in total. The molecule has 2 rings (SSSR count). The number of aromatic nitrogens is 2. The number of benzene rings is 1. The van der Waals surface area contributed by atoms with Gasteiger partial charge in [-0.15, -0.1) is 0 Å². The summed E-state index contributed by atoms with van der Waals surface area (Å²) in [6.07, 6.45) is 0. The van der Waals surface area contributed by atoms with Crippen LogP contribution in [0.1, 0.15) is 16.2 Å². The van der Waals surface area contributed by atoms with Crippen LogP contribution in [0.15, 0.2) is 28.8 Å². The SMILES string of the molecule is CNCc1nc(-c2cccc(C(=O)NC)c2)no1. The third kappa shape index (κ3) is 2.54. The molecule has 1 heterocycles. The third-order valence-corrected chi connectivity index (χ3v) is 2.41. The Morgan fingerprint density at radius 1 is 1.39 bits per heavy atom. The van der Waals surface area contributed by atoms with Crippen LogP contribution in [0, 0.1) is 0 Å². The summed E-state index contributed by atoms with van der Waals surface area (Å²) in [6.45, 7) is 0.516. The molecule has 0 aliphatic rings. The Hall–Kier alpha value is -2.21. The van der Waals surface area contributed by atoms with Crippen LogP contribution >= 0.6 is 0 Å². The van der Waals surface area contributed by atoms with Crippen LogP contribution in [0.4, 0.5) is 0 Å². The second kappa shape index (κ2) is 5.42. The van der Waals surface area contributed by atoms with Gasteiger partial charge in [0, 0.05) is 18.2 Å². The van der Waals surface area contributed by atoms with Crippen molar-refractivity contribution in [1.29, 1.82) is 0 Å². The van der Waals surface area contributed by atoms with E-state index in [1.807, 2.05) is 6.07 Å². The minimum absolute atomic E-state index is 0.143. The maximum absolute atomic E-state index is 11.5. The lowest BCUT2D eigenvalue weighted by molar-refractivity contribution is 0.0963. The van der Waals surface area contributed by atoms with Gasteiger partial charge in [-0.2, -0.15) is 4.98 Å². The van der Waals surface area contributed by atoms with Crippen molar-refractivity contribution < 1.29 is 9.32 Å². The van der Waals surface area contributed by atoms with Crippen molar-refractivity contribution in [3.8, 4) is 11.4 Å². The number of nitrogens with one attached hydrogen (secondary N) is 2. The van der Waals surface area contributed by atoms with Gasteiger partial charge in [0.25, 0.3) is 5.91 Å². The first-order valence-electron chi connectivity index (χ1n) is 5.54. The van der Waals surface area contributed by atoms with Crippen LogP contribution in [-0.2, 0) is 6.54 Å². The first kappa shape index (κ1) is 12.3. The van der Waals surface area contributed by atoms with Gasteiger partial charge in [-0.3, -0.25) is 4.79 Å². The number of rotatable bonds is 4. The predicted octanol–water partition coefficient (Wildman–Crippen LogP) is 0.816. The highest BCUT2D eigenvalue weighted by atomic mass is 16.5. The molecule has 1 aromatic heterocycles. The van der Waals surface area contributed by atoms with Crippen molar-refractivity contribution in [2.45, 2.75) is 6.54 Å². The smallest absolute Gasteiger partial charge is 0.251 e. The summed E-state index contributed by atoms with van der Waals surface area (Å²) in [5.41, 5.74) is 1.32. The topological polar surface area (TPSA) is 80.0 Å². The molecule has 0 bridgehead atoms. The van der Waals surface area contributed by atoms with Crippen molar-refractivity contribution in [3.63, 3.8) is 0 Å². The van der Waals surface area contributed by atoms with Gasteiger partial charge in [-0.25, -0.2) is 0 Å². The Morgan fingerprint density at radius 3 is 2.94 bits per heavy atom. The molecular weight excluding hydrogens is 232 g/mol. The van der Waals surface area contributed by atoms with Gasteiger partial charge < -0.3 is 15.2 Å². The molecular formula is C12H14N4O2. The van der Waals surface area contributed by atoms with E-state index in [1.54, 1.807) is 32.3 Å². The molecule has 0 unspecified atom stereocenters. The molecule has 18 heavy (non-hydrogen) atoms. The van der Waals surface area contributed by atoms with Crippen molar-refractivity contribution >= 4 is 5.91 Å². The van der Waals surface area contributed by atoms with E-state index >= 15 is 0 Å². The lowest BCUT2D eigenvalue weighted by Crippen LogP contribution is -2.17. The number of nitrogens with zero attached hydrogens (tertiary/aromatic N) is 2. The van der Waals surface area contributed by atoms with Crippen LogP contribution in [0.3, 0.4) is 0 Å². The lowest BCUT2D eigenvalue weighted by Gasteiger charge is -2.00. The molecule has 94 valence electrons. The molecule has 0 fully saturated rings. The van der Waals surface area contributed by atoms with Crippen molar-refractivity contribution in [2.24, 2.45) is 0 Å². The first-order chi connectivity index (χ1) is 8.74. The Balaban J connectivity index is 2.29. The van der Waals surface area contributed by atoms with Gasteiger partial charge in [0.05, 0.1) is 6.54 Å². The van der Waals surface area contributed by atoms with E-state index < -0.39 is 0 Å². The molecule has 0 aliphatic heterocycles. The first-order valence-corrected chi connectivity index (χ1v) is 5.54. The molecule has 0 spiro atoms. The Labute approximate surface area is 104 Å². The molecule has 0 saturated carbocycles. The number of amides is 1. The molecule has 0 atom stereocenters. The van der Waals surface area contributed by atoms with Crippen LogP contribution in [0.5, 0.6) is 0 Å². The fraction of sp³-hybridized carbons (Fsp3) is 0.250. The Morgan fingerprint density at radius 2 is 2.22 bits per heavy atom. The molecule has 1 amide bonds. The van der Waals surface area contributed by atoms with E-state index in [9.17, 15) is 4.79 Å². The summed E-state index contributed by atoms with van der Waals surface area (Å²) in [5, 5.41) is 9.37. The number of carbonyl (C=O) groups excluding carboxylic acids is 1. The normalized spacial score (nSPS) is 10.3. The Bertz CT molecular complexity index is 551. The second-order valence-electron chi connectivity index (χ2n) is 3.70. The van der Waals surface area contributed by atoms with Gasteiger partial charge in [0.2, 0.25) is 11.7 Å². The summed E-state index contributed by atoms with van der Waals surface area (Å²) >= 11 is 0. The minimum Gasteiger partial charge on any atom is -0.355 e. The maximum atomic E-state index is 11.5. The molecule has 1 aromatic carbocycles. The predicted molar refractivity (Wildman–Crippen MR) is 65.9 cm³/mol. The van der Waals surface area contributed by atoms with E-state index in [2.05, 4.69) is 20.8 Å². The molecule has 6 heteroatoms. The average molecular weight is 246 g/mol. The van der Waals surface area contributed by atoms with Crippen molar-refractivity contribution in [1.82, 2.24) is 20.8 Å². The van der Waals surface area contributed by atoms with Gasteiger partial charge >= 0.3 is 0 Å². The molecule has 0 saturated heterocycles. The van der Waals surface area contributed by atoms with Gasteiger partial charge in [0.15, 0.2) is 0 Å². The van der Waals surface area contributed by atoms with Crippen LogP contribution in [0.25, 0.3) is 11.4 Å². The molecule has 0 radical (unpaired) electrons. The zero-order chi connectivity index (χ0) is 13.0. The quantitative estimate of drug-likeness (QED) is 0.834. The summed E-state index contributed by atoms with van der Waals surface area (Å²) < 4.78 is 5.06. The van der Waals surface area contributed by atoms with Crippen LogP contribution < -0.4 is 10.6 Å². The second-order valence-corrected chi connectivity index (χ2v) is 3.70. The largest absolute Gasteiger partial charge is 0.355 e. The molecule has 2 aromatic rings. The van der Waals surface area contributed by atoms with Gasteiger partial charge in [0.1, 0.15) is 0 Å². The highest BCUT2D eigenvalue weighted by Gasteiger charge is 2.10. The maximum Gasteiger partial charge on any atom is 0.251 e. The van der Waals surface area contributed by atoms with E-state index in [4.69, 9.17) is 4.52 Å². The van der Waals surface area contributed by atoms with Crippen LogP contribution in [-0.4, -0.2) is 30.1 Å². The highest BCUT2D eigenvalue weighted by molar-refractivity contribution is 5.95. The molecule has 2 N–H and O–H groups in total. The summed E-state index contributed by atoms with van der Waals surface area (Å²) in [5.74, 6) is 0.847. The van der Waals surface area contributed by atoms with E-state index in [-0.39, 0.29) is 5.91 Å².